The molecule has 6 aliphatic rings. The zero-order valence-electron chi connectivity index (χ0n) is 34.6. The minimum Gasteiger partial charge on any atom is -0.686 e. The monoisotopic (exact) mass is 1330 g/mol. The van der Waals surface area contributed by atoms with Crippen LogP contribution in [0.3, 0.4) is 0 Å². The molecule has 2 aliphatic heterocycles. The van der Waals surface area contributed by atoms with Crippen LogP contribution in [0.2, 0.25) is 15.7 Å². The number of hydrogen-bond donors (Lipinski definition) is 0. The third-order valence-electron chi connectivity index (χ3n) is 12.0. The van der Waals surface area contributed by atoms with E-state index in [1.807, 2.05) is 0 Å². The molecule has 2 nitrogen and oxygen atoms in total. The van der Waals surface area contributed by atoms with E-state index in [0.29, 0.717) is 11.5 Å². The Kier molecular flexibility index (Phi) is 33.3. The quantitative estimate of drug-likeness (QED) is 0.194. The van der Waals surface area contributed by atoms with Gasteiger partial charge >= 0.3 is 208 Å². The van der Waals surface area contributed by atoms with Gasteiger partial charge in [0.15, 0.2) is 0 Å². The predicted molar refractivity (Wildman–Crippen MR) is 231 cm³/mol. The van der Waals surface area contributed by atoms with E-state index in [1.54, 1.807) is 128 Å². The first-order valence-electron chi connectivity index (χ1n) is 20.4. The largest absolute Gasteiger partial charge is 4.00 e. The maximum Gasteiger partial charge on any atom is 4.00 e. The van der Waals surface area contributed by atoms with Crippen molar-refractivity contribution in [2.45, 2.75) is 205 Å². The molecular weight excluding hydrogens is 1240 g/mol. The number of hydrogen-bond acceptors (Lipinski definition) is 0. The second-order valence-electron chi connectivity index (χ2n) is 18.0. The van der Waals surface area contributed by atoms with Crippen LogP contribution in [0.25, 0.3) is 10.6 Å². The van der Waals surface area contributed by atoms with Crippen LogP contribution in [0.15, 0.2) is 23.4 Å². The van der Waals surface area contributed by atoms with Crippen molar-refractivity contribution in [2.24, 2.45) is 16.7 Å². The van der Waals surface area contributed by atoms with Gasteiger partial charge in [0.2, 0.25) is 0 Å². The molecule has 2 unspecified atom stereocenters. The summed E-state index contributed by atoms with van der Waals surface area (Å²) in [6.07, 6.45) is 38.7. The molecule has 4 saturated carbocycles. The maximum atomic E-state index is 4.84. The van der Waals surface area contributed by atoms with Crippen molar-refractivity contribution in [1.29, 1.82) is 0 Å². The van der Waals surface area contributed by atoms with E-state index in [-0.39, 0.29) is 131 Å². The maximum absolute atomic E-state index is 4.84. The van der Waals surface area contributed by atoms with E-state index < -0.39 is 0 Å². The molecule has 0 spiro atoms. The summed E-state index contributed by atoms with van der Waals surface area (Å²) in [5.74, 6) is 0.755. The van der Waals surface area contributed by atoms with Gasteiger partial charge in [-0.2, -0.15) is 5.70 Å². The topological polar surface area (TPSA) is 28.2 Å². The van der Waals surface area contributed by atoms with Crippen molar-refractivity contribution in [2.75, 3.05) is 13.1 Å². The van der Waals surface area contributed by atoms with Crippen molar-refractivity contribution in [3.8, 4) is 0 Å². The van der Waals surface area contributed by atoms with Crippen LogP contribution in [0.1, 0.15) is 183 Å². The normalized spacial score (nSPS) is 25.3. The molecule has 4 aliphatic carbocycles. The van der Waals surface area contributed by atoms with E-state index in [4.69, 9.17) is 10.6 Å². The molecule has 2 heterocycles. The van der Waals surface area contributed by atoms with Gasteiger partial charge in [-0.25, -0.2) is 0 Å². The zero-order chi connectivity index (χ0) is 32.8. The molecule has 0 N–H and O–H groups in total. The minimum atomic E-state index is 0. The SMILES string of the molecule is C1CC[CH]([Sn][CH]2CCCCC2)CC1.C1CC[CH]([Sn][CH]2CCCCC2)CC1.CC(C)(C)C1=CC[N-]C(C2CC(C(C)(C)C)CC[N-]2)=C1.[CH3-].[CH3-].[Pt+4].[Te].[Te]. The smallest absolute Gasteiger partial charge is 0.686 e. The Labute approximate surface area is 389 Å². The Hall–Kier alpha value is 3.10. The van der Waals surface area contributed by atoms with Gasteiger partial charge in [0.05, 0.1) is 0 Å². The second-order valence-corrected chi connectivity index (χ2v) is 29.2. The fraction of sp³-hybridized carbons (Fsp3) is 0.864. The van der Waals surface area contributed by atoms with Crippen LogP contribution < -0.4 is 0 Å². The van der Waals surface area contributed by atoms with Gasteiger partial charge in [0, 0.05) is 47.3 Å². The number of piperidine rings is 1. The van der Waals surface area contributed by atoms with Crippen LogP contribution >= 0.6 is 0 Å². The Morgan fingerprint density at radius 1 is 0.569 bits per heavy atom. The number of rotatable bonds is 5. The van der Waals surface area contributed by atoms with Crippen molar-refractivity contribution in [3.63, 3.8) is 0 Å². The Balaban J connectivity index is 0. The van der Waals surface area contributed by atoms with Crippen molar-refractivity contribution in [3.05, 3.63) is 48.9 Å². The van der Waals surface area contributed by atoms with Gasteiger partial charge in [-0.3, -0.25) is 0 Å². The molecule has 7 heteroatoms. The third kappa shape index (κ3) is 22.2. The minimum absolute atomic E-state index is 0. The molecule has 0 bridgehead atoms. The predicted octanol–water partition coefficient (Wildman–Crippen LogP) is 14.0. The molecule has 6 rings (SSSR count). The zero-order valence-corrected chi connectivity index (χ0v) is 47.3. The van der Waals surface area contributed by atoms with Gasteiger partial charge in [0.25, 0.3) is 0 Å². The van der Waals surface area contributed by atoms with Crippen molar-refractivity contribution < 1.29 is 21.1 Å². The molecule has 2 atom stereocenters. The molecular formula is C44H80N2PtSn2Te2. The van der Waals surface area contributed by atoms with E-state index in [2.05, 4.69) is 53.7 Å². The Morgan fingerprint density at radius 3 is 1.27 bits per heavy atom. The fourth-order valence-corrected chi connectivity index (χ4v) is 21.1. The molecule has 1 saturated heterocycles. The summed E-state index contributed by atoms with van der Waals surface area (Å²) < 4.78 is 5.17. The first-order valence-corrected chi connectivity index (χ1v) is 27.0. The van der Waals surface area contributed by atoms with E-state index in [1.165, 1.54) is 33.4 Å². The summed E-state index contributed by atoms with van der Waals surface area (Å²) in [6, 6.07) is 0.319. The number of allylic oxidation sites excluding steroid dienone is 2. The van der Waals surface area contributed by atoms with Crippen LogP contribution in [0.4, 0.5) is 0 Å². The van der Waals surface area contributed by atoms with Crippen LogP contribution in [0, 0.1) is 31.6 Å². The fourth-order valence-electron chi connectivity index (χ4n) is 8.83. The molecule has 0 aromatic rings. The van der Waals surface area contributed by atoms with E-state index in [9.17, 15) is 0 Å². The van der Waals surface area contributed by atoms with Crippen LogP contribution in [-0.4, -0.2) is 109 Å². The summed E-state index contributed by atoms with van der Waals surface area (Å²) in [5, 5.41) is 9.57. The molecule has 296 valence electrons. The standard InChI is InChI=1S/C18H30N2.4C6H11.2CH3.Pt.2Sn.2Te/c1-17(2,3)13-7-9-19-15(11-13)16-12-14(8-10-20-16)18(4,5)6;4*1-2-4-6-5-3-1;;;;;;;/h7,11,14,16H,8-10,12H2,1-6H3;4*1H,2-6H2;2*1H3;;;;;/q-2;;;;;2*-1;+4;;;;. The van der Waals surface area contributed by atoms with Crippen molar-refractivity contribution in [1.82, 2.24) is 0 Å². The van der Waals surface area contributed by atoms with E-state index in [0.717, 1.165) is 25.4 Å². The summed E-state index contributed by atoms with van der Waals surface area (Å²) in [4.78, 5) is 0. The summed E-state index contributed by atoms with van der Waals surface area (Å²) >= 11 is 0.0734. The van der Waals surface area contributed by atoms with Gasteiger partial charge in [0.1, 0.15) is 0 Å². The van der Waals surface area contributed by atoms with Gasteiger partial charge < -0.3 is 25.5 Å². The average molecular weight is 1320 g/mol. The molecule has 5 fully saturated rings. The Bertz CT molecular complexity index is 841. The number of nitrogens with zero attached hydrogens (tertiary/aromatic N) is 2. The van der Waals surface area contributed by atoms with E-state index >= 15 is 0 Å². The van der Waals surface area contributed by atoms with Crippen LogP contribution in [-0.2, 0) is 21.1 Å². The van der Waals surface area contributed by atoms with Crippen LogP contribution in [0.5, 0.6) is 0 Å². The first kappa shape index (κ1) is 56.2. The average Bonchev–Trinajstić information content (AvgIpc) is 3.07. The third-order valence-corrected chi connectivity index (χ3v) is 24.0. The van der Waals surface area contributed by atoms with Crippen molar-refractivity contribution >= 4 is 89.6 Å². The molecule has 0 aromatic carbocycles. The first-order chi connectivity index (χ1) is 22.1. The molecule has 0 amide bonds. The molecule has 0 aromatic heterocycles. The molecule has 51 heavy (non-hydrogen) atoms. The summed E-state index contributed by atoms with van der Waals surface area (Å²) in [7, 11) is 0. The molecule has 8 radical (unpaired) electrons. The Morgan fingerprint density at radius 2 is 0.941 bits per heavy atom. The van der Waals surface area contributed by atoms with Gasteiger partial charge in [-0.15, -0.1) is 19.1 Å². The summed E-state index contributed by atoms with van der Waals surface area (Å²) in [6.45, 7) is 15.7. The van der Waals surface area contributed by atoms with Gasteiger partial charge in [-0.1, -0.05) is 66.5 Å². The second kappa shape index (κ2) is 30.2. The van der Waals surface area contributed by atoms with Gasteiger partial charge in [-0.05, 0) is 22.3 Å². The summed E-state index contributed by atoms with van der Waals surface area (Å²) in [5.41, 5.74) is 3.22.